The van der Waals surface area contributed by atoms with Crippen molar-refractivity contribution in [3.05, 3.63) is 65.7 Å². The molecule has 94 valence electrons. The summed E-state index contributed by atoms with van der Waals surface area (Å²) in [6.07, 6.45) is 0. The van der Waals surface area contributed by atoms with Crippen molar-refractivity contribution in [1.82, 2.24) is 5.32 Å². The average Bonchev–Trinajstić information content (AvgIpc) is 2.47. The Morgan fingerprint density at radius 3 is 2.28 bits per heavy atom. The lowest BCUT2D eigenvalue weighted by molar-refractivity contribution is 0.408. The van der Waals surface area contributed by atoms with Gasteiger partial charge in [-0.2, -0.15) is 0 Å². The van der Waals surface area contributed by atoms with Gasteiger partial charge in [-0.3, -0.25) is 5.32 Å². The molecule has 0 radical (unpaired) electrons. The minimum Gasteiger partial charge on any atom is -0.497 e. The lowest BCUT2D eigenvalue weighted by Gasteiger charge is -2.30. The van der Waals surface area contributed by atoms with Crippen LogP contribution in [0.4, 0.5) is 0 Å². The van der Waals surface area contributed by atoms with E-state index in [2.05, 4.69) is 5.32 Å². The molecule has 0 aromatic heterocycles. The average molecular weight is 242 g/mol. The van der Waals surface area contributed by atoms with Crippen molar-refractivity contribution >= 4 is 0 Å². The first-order valence-corrected chi connectivity index (χ1v) is 5.88. The van der Waals surface area contributed by atoms with Gasteiger partial charge in [-0.1, -0.05) is 42.5 Å². The van der Waals surface area contributed by atoms with Gasteiger partial charge in [0.25, 0.3) is 0 Å². The molecular formula is C15H18N2O. The van der Waals surface area contributed by atoms with E-state index >= 15 is 0 Å². The van der Waals surface area contributed by atoms with Crippen LogP contribution in [0.15, 0.2) is 54.6 Å². The predicted molar refractivity (Wildman–Crippen MR) is 73.5 cm³/mol. The van der Waals surface area contributed by atoms with Crippen LogP contribution in [0, 0.1) is 0 Å². The van der Waals surface area contributed by atoms with E-state index in [4.69, 9.17) is 10.5 Å². The van der Waals surface area contributed by atoms with E-state index in [0.29, 0.717) is 0 Å². The van der Waals surface area contributed by atoms with E-state index in [-0.39, 0.29) is 0 Å². The Bertz CT molecular complexity index is 513. The first-order valence-electron chi connectivity index (χ1n) is 5.88. The molecule has 0 spiro atoms. The predicted octanol–water partition coefficient (Wildman–Crippen LogP) is 2.07. The zero-order valence-corrected chi connectivity index (χ0v) is 10.7. The van der Waals surface area contributed by atoms with E-state index in [1.807, 2.05) is 61.6 Å². The van der Waals surface area contributed by atoms with Gasteiger partial charge < -0.3 is 10.5 Å². The monoisotopic (exact) mass is 242 g/mol. The summed E-state index contributed by atoms with van der Waals surface area (Å²) in [7, 11) is 3.51. The fraction of sp³-hybridized carbons (Fsp3) is 0.200. The van der Waals surface area contributed by atoms with Crippen LogP contribution >= 0.6 is 0 Å². The number of benzene rings is 2. The van der Waals surface area contributed by atoms with Crippen molar-refractivity contribution in [2.24, 2.45) is 5.73 Å². The number of hydrogen-bond donors (Lipinski definition) is 2. The van der Waals surface area contributed by atoms with Crippen LogP contribution < -0.4 is 15.8 Å². The number of ether oxygens (including phenoxy) is 1. The standard InChI is InChI=1S/C15H18N2O/c1-17-15(16,12-7-4-3-5-8-12)13-9-6-10-14(11-13)18-2/h3-11,17H,16H2,1-2H3. The molecule has 0 fully saturated rings. The summed E-state index contributed by atoms with van der Waals surface area (Å²) < 4.78 is 5.25. The normalized spacial score (nSPS) is 13.9. The molecule has 0 aliphatic rings. The third kappa shape index (κ3) is 2.23. The lowest BCUT2D eigenvalue weighted by Crippen LogP contribution is -2.49. The Balaban J connectivity index is 2.49. The minimum absolute atomic E-state index is 0.712. The zero-order chi connectivity index (χ0) is 13.0. The lowest BCUT2D eigenvalue weighted by atomic mass is 9.92. The molecule has 0 saturated heterocycles. The van der Waals surface area contributed by atoms with Crippen molar-refractivity contribution in [3.63, 3.8) is 0 Å². The second kappa shape index (κ2) is 5.21. The Morgan fingerprint density at radius 1 is 1.00 bits per heavy atom. The van der Waals surface area contributed by atoms with E-state index < -0.39 is 5.66 Å². The van der Waals surface area contributed by atoms with E-state index in [1.165, 1.54) is 0 Å². The number of hydrogen-bond acceptors (Lipinski definition) is 3. The van der Waals surface area contributed by atoms with Crippen LogP contribution in [0.1, 0.15) is 11.1 Å². The van der Waals surface area contributed by atoms with E-state index in [9.17, 15) is 0 Å². The highest BCUT2D eigenvalue weighted by atomic mass is 16.5. The summed E-state index contributed by atoms with van der Waals surface area (Å²) in [6, 6.07) is 17.7. The quantitative estimate of drug-likeness (QED) is 0.807. The van der Waals surface area contributed by atoms with Gasteiger partial charge in [0.15, 0.2) is 0 Å². The molecule has 3 nitrogen and oxygen atoms in total. The summed E-state index contributed by atoms with van der Waals surface area (Å²) in [5.41, 5.74) is 7.77. The van der Waals surface area contributed by atoms with Crippen LogP contribution in [0.5, 0.6) is 5.75 Å². The topological polar surface area (TPSA) is 47.3 Å². The SMILES string of the molecule is CNC(N)(c1ccccc1)c1cccc(OC)c1. The molecular weight excluding hydrogens is 224 g/mol. The van der Waals surface area contributed by atoms with Crippen LogP contribution in [0.2, 0.25) is 0 Å². The van der Waals surface area contributed by atoms with Crippen molar-refractivity contribution in [1.29, 1.82) is 0 Å². The molecule has 3 N–H and O–H groups in total. The minimum atomic E-state index is -0.712. The van der Waals surface area contributed by atoms with Gasteiger partial charge in [0.05, 0.1) is 7.11 Å². The van der Waals surface area contributed by atoms with Gasteiger partial charge in [-0.15, -0.1) is 0 Å². The summed E-state index contributed by atoms with van der Waals surface area (Å²) >= 11 is 0. The second-order valence-electron chi connectivity index (χ2n) is 4.16. The largest absolute Gasteiger partial charge is 0.497 e. The number of nitrogens with two attached hydrogens (primary N) is 1. The first kappa shape index (κ1) is 12.6. The molecule has 0 aliphatic carbocycles. The number of methoxy groups -OCH3 is 1. The maximum absolute atomic E-state index is 6.50. The molecule has 3 heteroatoms. The van der Waals surface area contributed by atoms with Crippen molar-refractivity contribution < 1.29 is 4.74 Å². The molecule has 0 amide bonds. The van der Waals surface area contributed by atoms with Crippen LogP contribution in [0.3, 0.4) is 0 Å². The summed E-state index contributed by atoms with van der Waals surface area (Å²) in [6.45, 7) is 0. The number of nitrogens with one attached hydrogen (secondary N) is 1. The Labute approximate surface area is 108 Å². The number of rotatable bonds is 4. The van der Waals surface area contributed by atoms with E-state index in [0.717, 1.165) is 16.9 Å². The van der Waals surface area contributed by atoms with Gasteiger partial charge in [-0.05, 0) is 30.3 Å². The molecule has 2 aromatic rings. The molecule has 1 unspecified atom stereocenters. The molecule has 1 atom stereocenters. The van der Waals surface area contributed by atoms with Gasteiger partial charge in [0.1, 0.15) is 11.4 Å². The summed E-state index contributed by atoms with van der Waals surface area (Å²) in [5.74, 6) is 0.800. The fourth-order valence-corrected chi connectivity index (χ4v) is 2.02. The van der Waals surface area contributed by atoms with Crippen LogP contribution in [-0.4, -0.2) is 14.2 Å². The second-order valence-corrected chi connectivity index (χ2v) is 4.16. The Morgan fingerprint density at radius 2 is 1.67 bits per heavy atom. The van der Waals surface area contributed by atoms with Crippen molar-refractivity contribution in [3.8, 4) is 5.75 Å². The maximum atomic E-state index is 6.50. The third-order valence-electron chi connectivity index (χ3n) is 3.15. The third-order valence-corrected chi connectivity index (χ3v) is 3.15. The van der Waals surface area contributed by atoms with Gasteiger partial charge in [-0.25, -0.2) is 0 Å². The molecule has 0 heterocycles. The molecule has 0 aliphatic heterocycles. The van der Waals surface area contributed by atoms with E-state index in [1.54, 1.807) is 7.11 Å². The summed E-state index contributed by atoms with van der Waals surface area (Å²) in [5, 5.41) is 3.18. The molecule has 2 rings (SSSR count). The summed E-state index contributed by atoms with van der Waals surface area (Å²) in [4.78, 5) is 0. The zero-order valence-electron chi connectivity index (χ0n) is 10.7. The van der Waals surface area contributed by atoms with Gasteiger partial charge in [0.2, 0.25) is 0 Å². The van der Waals surface area contributed by atoms with Gasteiger partial charge >= 0.3 is 0 Å². The fourth-order valence-electron chi connectivity index (χ4n) is 2.02. The maximum Gasteiger partial charge on any atom is 0.119 e. The van der Waals surface area contributed by atoms with Crippen molar-refractivity contribution in [2.45, 2.75) is 5.66 Å². The highest BCUT2D eigenvalue weighted by molar-refractivity contribution is 5.40. The molecule has 2 aromatic carbocycles. The van der Waals surface area contributed by atoms with Crippen molar-refractivity contribution in [2.75, 3.05) is 14.2 Å². The highest BCUT2D eigenvalue weighted by Crippen LogP contribution is 2.26. The smallest absolute Gasteiger partial charge is 0.119 e. The van der Waals surface area contributed by atoms with Crippen LogP contribution in [0.25, 0.3) is 0 Å². The highest BCUT2D eigenvalue weighted by Gasteiger charge is 2.27. The Hall–Kier alpha value is -1.84. The molecule has 0 saturated carbocycles. The Kier molecular flexibility index (Phi) is 3.65. The van der Waals surface area contributed by atoms with Crippen LogP contribution in [-0.2, 0) is 5.66 Å². The molecule has 0 bridgehead atoms. The first-order chi connectivity index (χ1) is 8.70. The molecule has 18 heavy (non-hydrogen) atoms. The van der Waals surface area contributed by atoms with Gasteiger partial charge in [0, 0.05) is 0 Å².